The maximum Gasteiger partial charge on any atom is 0.337 e. The lowest BCUT2D eigenvalue weighted by atomic mass is 10.1. The van der Waals surface area contributed by atoms with Crippen LogP contribution < -0.4 is 21.3 Å². The third-order valence-corrected chi connectivity index (χ3v) is 4.19. The zero-order valence-electron chi connectivity index (χ0n) is 12.8. The van der Waals surface area contributed by atoms with Gasteiger partial charge in [0.2, 0.25) is 0 Å². The maximum absolute atomic E-state index is 11.2. The standard InChI is InChI=1S/C17H20N4O2/c18-12-4-6-13(7-5-12)20-8-10-21(11-9-20)15-3-1-2-14(16(15)19)17(22)23/h1-7H,8-11,18-19H2,(H,22,23). The molecule has 0 aliphatic carbocycles. The second-order valence-electron chi connectivity index (χ2n) is 5.61. The number of para-hydroxylation sites is 1. The second kappa shape index (κ2) is 6.08. The summed E-state index contributed by atoms with van der Waals surface area (Å²) in [7, 11) is 0. The van der Waals surface area contributed by atoms with Crippen LogP contribution >= 0.6 is 0 Å². The van der Waals surface area contributed by atoms with Crippen LogP contribution in [0.4, 0.5) is 22.7 Å². The van der Waals surface area contributed by atoms with E-state index in [-0.39, 0.29) is 5.56 Å². The first-order chi connectivity index (χ1) is 11.1. The van der Waals surface area contributed by atoms with Crippen LogP contribution in [0.3, 0.4) is 0 Å². The molecule has 0 unspecified atom stereocenters. The molecule has 0 bridgehead atoms. The fourth-order valence-electron chi connectivity index (χ4n) is 2.91. The van der Waals surface area contributed by atoms with Crippen molar-refractivity contribution >= 4 is 28.7 Å². The van der Waals surface area contributed by atoms with E-state index in [1.807, 2.05) is 30.3 Å². The molecule has 6 heteroatoms. The Labute approximate surface area is 134 Å². The molecule has 23 heavy (non-hydrogen) atoms. The average molecular weight is 312 g/mol. The Hall–Kier alpha value is -2.89. The molecular weight excluding hydrogens is 292 g/mol. The van der Waals surface area contributed by atoms with E-state index in [4.69, 9.17) is 11.5 Å². The zero-order valence-corrected chi connectivity index (χ0v) is 12.8. The first-order valence-corrected chi connectivity index (χ1v) is 7.53. The van der Waals surface area contributed by atoms with Crippen LogP contribution in [0.2, 0.25) is 0 Å². The molecule has 0 atom stereocenters. The summed E-state index contributed by atoms with van der Waals surface area (Å²) in [4.78, 5) is 15.6. The monoisotopic (exact) mass is 312 g/mol. The van der Waals surface area contributed by atoms with Crippen molar-refractivity contribution in [1.82, 2.24) is 0 Å². The minimum atomic E-state index is -0.995. The Morgan fingerprint density at radius 2 is 1.52 bits per heavy atom. The van der Waals surface area contributed by atoms with Gasteiger partial charge in [-0.15, -0.1) is 0 Å². The van der Waals surface area contributed by atoms with Gasteiger partial charge in [0.05, 0.1) is 16.9 Å². The van der Waals surface area contributed by atoms with E-state index in [0.29, 0.717) is 5.69 Å². The van der Waals surface area contributed by atoms with Crippen molar-refractivity contribution in [2.45, 2.75) is 0 Å². The van der Waals surface area contributed by atoms with Crippen molar-refractivity contribution in [1.29, 1.82) is 0 Å². The molecule has 6 nitrogen and oxygen atoms in total. The lowest BCUT2D eigenvalue weighted by Crippen LogP contribution is -2.46. The number of hydrogen-bond acceptors (Lipinski definition) is 5. The number of hydrogen-bond donors (Lipinski definition) is 3. The van der Waals surface area contributed by atoms with Crippen molar-refractivity contribution in [2.75, 3.05) is 47.4 Å². The predicted octanol–water partition coefficient (Wildman–Crippen LogP) is 1.88. The van der Waals surface area contributed by atoms with E-state index in [1.165, 1.54) is 6.07 Å². The molecule has 0 aromatic heterocycles. The fraction of sp³-hybridized carbons (Fsp3) is 0.235. The predicted molar refractivity (Wildman–Crippen MR) is 93.1 cm³/mol. The van der Waals surface area contributed by atoms with Gasteiger partial charge in [-0.2, -0.15) is 0 Å². The van der Waals surface area contributed by atoms with Crippen molar-refractivity contribution in [3.63, 3.8) is 0 Å². The van der Waals surface area contributed by atoms with E-state index >= 15 is 0 Å². The number of nitrogens with zero attached hydrogens (tertiary/aromatic N) is 2. The van der Waals surface area contributed by atoms with Crippen LogP contribution in [0.25, 0.3) is 0 Å². The Morgan fingerprint density at radius 3 is 2.13 bits per heavy atom. The minimum absolute atomic E-state index is 0.156. The second-order valence-corrected chi connectivity index (χ2v) is 5.61. The van der Waals surface area contributed by atoms with Crippen LogP contribution in [0, 0.1) is 0 Å². The summed E-state index contributed by atoms with van der Waals surface area (Å²) in [6.45, 7) is 3.27. The highest BCUT2D eigenvalue weighted by Gasteiger charge is 2.21. The van der Waals surface area contributed by atoms with E-state index < -0.39 is 5.97 Å². The Morgan fingerprint density at radius 1 is 0.913 bits per heavy atom. The smallest absolute Gasteiger partial charge is 0.337 e. The molecule has 1 aliphatic heterocycles. The topological polar surface area (TPSA) is 95.8 Å². The SMILES string of the molecule is Nc1ccc(N2CCN(c3cccc(C(=O)O)c3N)CC2)cc1. The number of benzene rings is 2. The lowest BCUT2D eigenvalue weighted by Gasteiger charge is -2.38. The molecule has 5 N–H and O–H groups in total. The third-order valence-electron chi connectivity index (χ3n) is 4.19. The Kier molecular flexibility index (Phi) is 3.97. The van der Waals surface area contributed by atoms with Crippen LogP contribution in [0.5, 0.6) is 0 Å². The molecular formula is C17H20N4O2. The molecule has 1 fully saturated rings. The minimum Gasteiger partial charge on any atom is -0.478 e. The van der Waals surface area contributed by atoms with Crippen LogP contribution in [-0.4, -0.2) is 37.3 Å². The van der Waals surface area contributed by atoms with Gasteiger partial charge in [0.25, 0.3) is 0 Å². The molecule has 1 saturated heterocycles. The van der Waals surface area contributed by atoms with Crippen LogP contribution in [0.1, 0.15) is 10.4 Å². The first-order valence-electron chi connectivity index (χ1n) is 7.53. The van der Waals surface area contributed by atoms with E-state index in [0.717, 1.165) is 43.2 Å². The summed E-state index contributed by atoms with van der Waals surface area (Å²) >= 11 is 0. The van der Waals surface area contributed by atoms with Gasteiger partial charge in [-0.3, -0.25) is 0 Å². The molecule has 2 aromatic rings. The molecule has 0 amide bonds. The number of carbonyl (C=O) groups is 1. The van der Waals surface area contributed by atoms with Crippen molar-refractivity contribution in [3.05, 3.63) is 48.0 Å². The molecule has 0 radical (unpaired) electrons. The molecule has 120 valence electrons. The van der Waals surface area contributed by atoms with E-state index in [9.17, 15) is 9.90 Å². The van der Waals surface area contributed by atoms with Gasteiger partial charge in [0, 0.05) is 37.6 Å². The maximum atomic E-state index is 11.2. The zero-order chi connectivity index (χ0) is 16.4. The highest BCUT2D eigenvalue weighted by Crippen LogP contribution is 2.28. The van der Waals surface area contributed by atoms with Crippen LogP contribution in [-0.2, 0) is 0 Å². The molecule has 0 saturated carbocycles. The number of carboxylic acid groups (broad SMARTS) is 1. The van der Waals surface area contributed by atoms with Crippen molar-refractivity contribution in [2.24, 2.45) is 0 Å². The number of nitrogen functional groups attached to an aromatic ring is 2. The van der Waals surface area contributed by atoms with Gasteiger partial charge in [0.1, 0.15) is 0 Å². The number of nitrogens with two attached hydrogens (primary N) is 2. The highest BCUT2D eigenvalue weighted by atomic mass is 16.4. The highest BCUT2D eigenvalue weighted by molar-refractivity contribution is 5.97. The van der Waals surface area contributed by atoms with Gasteiger partial charge in [0.15, 0.2) is 0 Å². The van der Waals surface area contributed by atoms with Crippen LogP contribution in [0.15, 0.2) is 42.5 Å². The number of piperazine rings is 1. The Balaban J connectivity index is 1.73. The quantitative estimate of drug-likeness (QED) is 0.749. The first kappa shape index (κ1) is 15.0. The van der Waals surface area contributed by atoms with Crippen molar-refractivity contribution in [3.8, 4) is 0 Å². The third kappa shape index (κ3) is 3.01. The number of aromatic carboxylic acids is 1. The van der Waals surface area contributed by atoms with Gasteiger partial charge >= 0.3 is 5.97 Å². The summed E-state index contributed by atoms with van der Waals surface area (Å²) < 4.78 is 0. The largest absolute Gasteiger partial charge is 0.478 e. The van der Waals surface area contributed by atoms with Gasteiger partial charge in [-0.25, -0.2) is 4.79 Å². The molecule has 3 rings (SSSR count). The molecule has 1 aliphatic rings. The summed E-state index contributed by atoms with van der Waals surface area (Å²) in [6, 6.07) is 13.0. The Bertz CT molecular complexity index is 707. The summed E-state index contributed by atoms with van der Waals surface area (Å²) in [5.74, 6) is -0.995. The van der Waals surface area contributed by atoms with Gasteiger partial charge in [-0.05, 0) is 36.4 Å². The fourth-order valence-corrected chi connectivity index (χ4v) is 2.91. The lowest BCUT2D eigenvalue weighted by molar-refractivity contribution is 0.0698. The van der Waals surface area contributed by atoms with E-state index in [2.05, 4.69) is 9.80 Å². The molecule has 1 heterocycles. The summed E-state index contributed by atoms with van der Waals surface area (Å²) in [5.41, 5.74) is 14.9. The van der Waals surface area contributed by atoms with Gasteiger partial charge in [-0.1, -0.05) is 6.07 Å². The summed E-state index contributed by atoms with van der Waals surface area (Å²) in [6.07, 6.45) is 0. The average Bonchev–Trinajstić information content (AvgIpc) is 2.56. The van der Waals surface area contributed by atoms with E-state index in [1.54, 1.807) is 6.07 Å². The normalized spacial score (nSPS) is 14.8. The summed E-state index contributed by atoms with van der Waals surface area (Å²) in [5, 5.41) is 9.18. The van der Waals surface area contributed by atoms with Gasteiger partial charge < -0.3 is 26.4 Å². The number of anilines is 4. The number of rotatable bonds is 3. The van der Waals surface area contributed by atoms with Crippen molar-refractivity contribution < 1.29 is 9.90 Å². The number of carboxylic acids is 1. The molecule has 0 spiro atoms. The molecule has 2 aromatic carbocycles.